The first-order valence-electron chi connectivity index (χ1n) is 10.4. The average Bonchev–Trinajstić information content (AvgIpc) is 3.21. The Morgan fingerprint density at radius 3 is 2.56 bits per heavy atom. The number of alkyl halides is 3. The maximum atomic E-state index is 13.0. The lowest BCUT2D eigenvalue weighted by Crippen LogP contribution is -2.29. The number of halogens is 5. The highest BCUT2D eigenvalue weighted by molar-refractivity contribution is 7.99. The Balaban J connectivity index is 1.70. The van der Waals surface area contributed by atoms with Gasteiger partial charge in [-0.2, -0.15) is 13.2 Å². The first-order valence-corrected chi connectivity index (χ1v) is 12.1. The number of amides is 2. The molecule has 3 rings (SSSR count). The Bertz CT molecular complexity index is 1280. The van der Waals surface area contributed by atoms with Crippen molar-refractivity contribution in [3.05, 3.63) is 82.1 Å². The molecule has 190 valence electrons. The summed E-state index contributed by atoms with van der Waals surface area (Å²) in [6.07, 6.45) is -2.98. The van der Waals surface area contributed by atoms with Crippen LogP contribution in [0.2, 0.25) is 10.0 Å². The molecule has 0 bridgehead atoms. The molecule has 0 unspecified atom stereocenters. The topological polar surface area (TPSA) is 88.9 Å². The van der Waals surface area contributed by atoms with Crippen LogP contribution in [0.5, 0.6) is 0 Å². The lowest BCUT2D eigenvalue weighted by Gasteiger charge is -2.16. The van der Waals surface area contributed by atoms with Gasteiger partial charge in [-0.3, -0.25) is 9.59 Å². The van der Waals surface area contributed by atoms with E-state index in [1.165, 1.54) is 0 Å². The van der Waals surface area contributed by atoms with E-state index in [0.29, 0.717) is 21.6 Å². The predicted octanol–water partition coefficient (Wildman–Crippen LogP) is 6.01. The van der Waals surface area contributed by atoms with E-state index in [2.05, 4.69) is 27.4 Å². The van der Waals surface area contributed by atoms with Crippen LogP contribution in [0.25, 0.3) is 0 Å². The zero-order chi connectivity index (χ0) is 26.5. The van der Waals surface area contributed by atoms with E-state index in [4.69, 9.17) is 23.2 Å². The summed E-state index contributed by atoms with van der Waals surface area (Å²) in [5, 5.41) is 14.1. The first-order chi connectivity index (χ1) is 17.0. The third kappa shape index (κ3) is 6.80. The van der Waals surface area contributed by atoms with Crippen LogP contribution in [0.3, 0.4) is 0 Å². The molecule has 13 heteroatoms. The molecule has 0 aliphatic heterocycles. The number of rotatable bonds is 9. The number of hydrogen-bond donors (Lipinski definition) is 2. The van der Waals surface area contributed by atoms with Crippen LogP contribution in [0.1, 0.15) is 34.7 Å². The maximum Gasteiger partial charge on any atom is 0.416 e. The number of nitrogens with one attached hydrogen (secondary N) is 2. The van der Waals surface area contributed by atoms with Gasteiger partial charge in [0.1, 0.15) is 0 Å². The van der Waals surface area contributed by atoms with Crippen LogP contribution >= 0.6 is 35.0 Å². The summed E-state index contributed by atoms with van der Waals surface area (Å²) in [6.45, 7) is 5.72. The fourth-order valence-corrected chi connectivity index (χ4v) is 4.27. The number of aromatic nitrogens is 3. The minimum atomic E-state index is -4.58. The molecule has 0 saturated heterocycles. The lowest BCUT2D eigenvalue weighted by atomic mass is 10.2. The van der Waals surface area contributed by atoms with E-state index in [0.717, 1.165) is 30.0 Å². The molecular formula is C23H20Cl2F3N5O2S. The van der Waals surface area contributed by atoms with Crippen LogP contribution in [0.15, 0.2) is 60.3 Å². The molecule has 1 heterocycles. The van der Waals surface area contributed by atoms with Crippen molar-refractivity contribution in [1.29, 1.82) is 0 Å². The Morgan fingerprint density at radius 1 is 1.17 bits per heavy atom. The molecule has 0 radical (unpaired) electrons. The van der Waals surface area contributed by atoms with Crippen molar-refractivity contribution in [1.82, 2.24) is 20.1 Å². The Kier molecular flexibility index (Phi) is 9.04. The molecule has 3 aromatic rings. The fraction of sp³-hybridized carbons (Fsp3) is 0.217. The number of hydrogen-bond acceptors (Lipinski definition) is 5. The van der Waals surface area contributed by atoms with Gasteiger partial charge in [-0.25, -0.2) is 0 Å². The normalized spacial score (nSPS) is 12.2. The number of nitrogens with zero attached hydrogens (tertiary/aromatic N) is 3. The summed E-state index contributed by atoms with van der Waals surface area (Å²) in [6, 6.07) is 8.71. The van der Waals surface area contributed by atoms with E-state index in [-0.39, 0.29) is 23.0 Å². The molecule has 2 N–H and O–H groups in total. The molecule has 0 spiro atoms. The Hall–Kier alpha value is -3.02. The van der Waals surface area contributed by atoms with Crippen molar-refractivity contribution in [2.75, 3.05) is 11.1 Å². The highest BCUT2D eigenvalue weighted by atomic mass is 35.5. The molecule has 0 aliphatic carbocycles. The maximum absolute atomic E-state index is 13.0. The Labute approximate surface area is 219 Å². The minimum Gasteiger partial charge on any atom is -0.342 e. The standard InChI is InChI=1S/C23H20Cl2F3N5O2S/c1-3-10-33-20(13(2)29-21(35)15-6-4-5-7-16(15)24)31-32-22(33)36-12-19(34)30-18-11-14(23(26,27)28)8-9-17(18)25/h3-9,11,13H,1,10,12H2,2H3,(H,29,35)(H,30,34)/t13-/m1/s1. The smallest absolute Gasteiger partial charge is 0.342 e. The molecule has 7 nitrogen and oxygen atoms in total. The van der Waals surface area contributed by atoms with Gasteiger partial charge in [0, 0.05) is 6.54 Å². The zero-order valence-electron chi connectivity index (χ0n) is 18.8. The molecular weight excluding hydrogens is 538 g/mol. The van der Waals surface area contributed by atoms with Crippen LogP contribution in [-0.2, 0) is 17.5 Å². The summed E-state index contributed by atoms with van der Waals surface area (Å²) in [5.41, 5.74) is -0.778. The molecule has 0 aliphatic rings. The lowest BCUT2D eigenvalue weighted by molar-refractivity contribution is -0.137. The molecule has 0 saturated carbocycles. The third-order valence-corrected chi connectivity index (χ3v) is 6.44. The van der Waals surface area contributed by atoms with Gasteiger partial charge in [0.15, 0.2) is 11.0 Å². The van der Waals surface area contributed by atoms with Gasteiger partial charge in [0.25, 0.3) is 5.91 Å². The highest BCUT2D eigenvalue weighted by Gasteiger charge is 2.31. The second kappa shape index (κ2) is 11.8. The molecule has 36 heavy (non-hydrogen) atoms. The predicted molar refractivity (Wildman–Crippen MR) is 133 cm³/mol. The number of thioether (sulfide) groups is 1. The van der Waals surface area contributed by atoms with Crippen LogP contribution in [-0.4, -0.2) is 32.3 Å². The van der Waals surface area contributed by atoms with Gasteiger partial charge < -0.3 is 15.2 Å². The van der Waals surface area contributed by atoms with Gasteiger partial charge in [-0.15, -0.1) is 16.8 Å². The summed E-state index contributed by atoms with van der Waals surface area (Å²) >= 11 is 13.0. The number of benzene rings is 2. The molecule has 1 atom stereocenters. The van der Waals surface area contributed by atoms with Gasteiger partial charge in [0.05, 0.1) is 38.7 Å². The molecule has 2 aromatic carbocycles. The molecule has 2 amide bonds. The third-order valence-electron chi connectivity index (χ3n) is 4.81. The van der Waals surface area contributed by atoms with Crippen molar-refractivity contribution in [3.8, 4) is 0 Å². The van der Waals surface area contributed by atoms with Gasteiger partial charge in [-0.1, -0.05) is 53.2 Å². The second-order valence-corrected chi connectivity index (χ2v) is 9.20. The number of carbonyl (C=O) groups is 2. The van der Waals surface area contributed by atoms with Gasteiger partial charge >= 0.3 is 6.18 Å². The highest BCUT2D eigenvalue weighted by Crippen LogP contribution is 2.34. The summed E-state index contributed by atoms with van der Waals surface area (Å²) in [4.78, 5) is 25.0. The zero-order valence-corrected chi connectivity index (χ0v) is 21.1. The second-order valence-electron chi connectivity index (χ2n) is 7.44. The van der Waals surface area contributed by atoms with Gasteiger partial charge in [-0.05, 0) is 37.3 Å². The van der Waals surface area contributed by atoms with Crippen molar-refractivity contribution < 1.29 is 22.8 Å². The SMILES string of the molecule is C=CCn1c(SCC(=O)Nc2cc(C(F)(F)F)ccc2Cl)nnc1[C@@H](C)NC(=O)c1ccccc1Cl. The summed E-state index contributed by atoms with van der Waals surface area (Å²) < 4.78 is 40.6. The largest absolute Gasteiger partial charge is 0.416 e. The summed E-state index contributed by atoms with van der Waals surface area (Å²) in [5.74, 6) is -0.745. The van der Waals surface area contributed by atoms with Crippen molar-refractivity contribution in [3.63, 3.8) is 0 Å². The van der Waals surface area contributed by atoms with E-state index >= 15 is 0 Å². The van der Waals surface area contributed by atoms with Crippen molar-refractivity contribution >= 4 is 52.5 Å². The summed E-state index contributed by atoms with van der Waals surface area (Å²) in [7, 11) is 0. The van der Waals surface area contributed by atoms with Gasteiger partial charge in [0.2, 0.25) is 5.91 Å². The fourth-order valence-electron chi connectivity index (χ4n) is 3.13. The quantitative estimate of drug-likeness (QED) is 0.248. The Morgan fingerprint density at radius 2 is 1.89 bits per heavy atom. The minimum absolute atomic E-state index is 0.0263. The number of allylic oxidation sites excluding steroid dienone is 1. The first kappa shape index (κ1) is 27.6. The van der Waals surface area contributed by atoms with E-state index < -0.39 is 29.6 Å². The van der Waals surface area contributed by atoms with Crippen molar-refractivity contribution in [2.45, 2.75) is 30.8 Å². The van der Waals surface area contributed by atoms with Crippen molar-refractivity contribution in [2.24, 2.45) is 0 Å². The molecule has 0 fully saturated rings. The van der Waals surface area contributed by atoms with Crippen LogP contribution in [0.4, 0.5) is 18.9 Å². The number of anilines is 1. The van der Waals surface area contributed by atoms with E-state index in [9.17, 15) is 22.8 Å². The van der Waals surface area contributed by atoms with Crippen LogP contribution < -0.4 is 10.6 Å². The number of carbonyl (C=O) groups excluding carboxylic acids is 2. The van der Waals surface area contributed by atoms with E-state index in [1.807, 2.05) is 0 Å². The van der Waals surface area contributed by atoms with Crippen LogP contribution in [0, 0.1) is 0 Å². The monoisotopic (exact) mass is 557 g/mol. The van der Waals surface area contributed by atoms with E-state index in [1.54, 1.807) is 41.8 Å². The average molecular weight is 558 g/mol. The molecule has 1 aromatic heterocycles.